The van der Waals surface area contributed by atoms with Gasteiger partial charge < -0.3 is 5.73 Å². The predicted octanol–water partition coefficient (Wildman–Crippen LogP) is 2.58. The second kappa shape index (κ2) is 6.11. The maximum absolute atomic E-state index is 14.2. The Hall–Kier alpha value is -1.47. The van der Waals surface area contributed by atoms with Crippen LogP contribution in [0.25, 0.3) is 0 Å². The molecule has 7 heteroatoms. The summed E-state index contributed by atoms with van der Waals surface area (Å²) in [7, 11) is 0. The number of benzene rings is 1. The zero-order valence-electron chi connectivity index (χ0n) is 11.9. The molecular weight excluding hydrogens is 289 g/mol. The number of aromatic nitrogens is 4. The average molecular weight is 307 g/mol. The maximum atomic E-state index is 14.2. The summed E-state index contributed by atoms with van der Waals surface area (Å²) in [6, 6.07) is 5.72. The molecule has 3 rings (SSSR count). The predicted molar refractivity (Wildman–Crippen MR) is 78.6 cm³/mol. The van der Waals surface area contributed by atoms with Crippen LogP contribution in [0, 0.1) is 5.82 Å². The van der Waals surface area contributed by atoms with Gasteiger partial charge in [-0.1, -0.05) is 13.0 Å². The van der Waals surface area contributed by atoms with Gasteiger partial charge in [0.2, 0.25) is 5.16 Å². The molecule has 2 N–H and O–H groups in total. The number of nitrogens with two attached hydrogens (primary N) is 1. The molecule has 1 unspecified atom stereocenters. The molecule has 0 aliphatic heterocycles. The van der Waals surface area contributed by atoms with Crippen LogP contribution in [0.5, 0.6) is 0 Å². The van der Waals surface area contributed by atoms with Crippen molar-refractivity contribution >= 4 is 11.8 Å². The highest BCUT2D eigenvalue weighted by Crippen LogP contribution is 2.38. The van der Waals surface area contributed by atoms with Gasteiger partial charge in [-0.3, -0.25) is 0 Å². The van der Waals surface area contributed by atoms with Crippen molar-refractivity contribution in [3.63, 3.8) is 0 Å². The third kappa shape index (κ3) is 3.41. The zero-order valence-corrected chi connectivity index (χ0v) is 12.7. The molecule has 112 valence electrons. The third-order valence-corrected chi connectivity index (χ3v) is 4.58. The van der Waals surface area contributed by atoms with E-state index in [1.54, 1.807) is 16.8 Å². The highest BCUT2D eigenvalue weighted by molar-refractivity contribution is 7.99. The SMILES string of the molecule is CCC(N)Cc1ccc(Sc2nnnn2C2CC2)c(F)c1. The molecule has 5 nitrogen and oxygen atoms in total. The molecule has 1 aromatic heterocycles. The van der Waals surface area contributed by atoms with Gasteiger partial charge in [-0.2, -0.15) is 0 Å². The Labute approximate surface area is 127 Å². The number of rotatable bonds is 6. The van der Waals surface area contributed by atoms with Crippen molar-refractivity contribution in [1.82, 2.24) is 20.2 Å². The minimum absolute atomic E-state index is 0.0741. The molecule has 1 aromatic carbocycles. The molecule has 0 bridgehead atoms. The molecule has 1 fully saturated rings. The lowest BCUT2D eigenvalue weighted by molar-refractivity contribution is 0.563. The van der Waals surface area contributed by atoms with Gasteiger partial charge >= 0.3 is 0 Å². The molecular formula is C14H18FN5S. The van der Waals surface area contributed by atoms with Crippen molar-refractivity contribution < 1.29 is 4.39 Å². The summed E-state index contributed by atoms with van der Waals surface area (Å²) >= 11 is 1.27. The van der Waals surface area contributed by atoms with Crippen molar-refractivity contribution in [2.45, 2.75) is 54.7 Å². The van der Waals surface area contributed by atoms with Gasteiger partial charge in [0.05, 0.1) is 10.9 Å². The van der Waals surface area contributed by atoms with E-state index < -0.39 is 0 Å². The molecule has 0 radical (unpaired) electrons. The fourth-order valence-corrected chi connectivity index (χ4v) is 2.95. The molecule has 1 atom stereocenters. The van der Waals surface area contributed by atoms with E-state index in [9.17, 15) is 4.39 Å². The van der Waals surface area contributed by atoms with Gasteiger partial charge in [-0.15, -0.1) is 5.10 Å². The average Bonchev–Trinajstić information content (AvgIpc) is 3.21. The largest absolute Gasteiger partial charge is 0.327 e. The summed E-state index contributed by atoms with van der Waals surface area (Å²) in [5, 5.41) is 12.3. The lowest BCUT2D eigenvalue weighted by atomic mass is 10.0. The highest BCUT2D eigenvalue weighted by Gasteiger charge is 2.28. The van der Waals surface area contributed by atoms with Gasteiger partial charge in [0, 0.05) is 6.04 Å². The summed E-state index contributed by atoms with van der Waals surface area (Å²) in [5.41, 5.74) is 6.83. The first-order valence-corrected chi connectivity index (χ1v) is 7.98. The molecule has 1 aliphatic rings. The first-order chi connectivity index (χ1) is 10.2. The highest BCUT2D eigenvalue weighted by atomic mass is 32.2. The Balaban J connectivity index is 1.75. The second-order valence-corrected chi connectivity index (χ2v) is 6.39. The minimum Gasteiger partial charge on any atom is -0.327 e. The van der Waals surface area contributed by atoms with E-state index in [0.29, 0.717) is 22.5 Å². The number of hydrogen-bond acceptors (Lipinski definition) is 5. The summed E-state index contributed by atoms with van der Waals surface area (Å²) in [5.74, 6) is -0.244. The quantitative estimate of drug-likeness (QED) is 0.888. The number of hydrogen-bond donors (Lipinski definition) is 1. The number of halogens is 1. The van der Waals surface area contributed by atoms with Crippen molar-refractivity contribution in [3.05, 3.63) is 29.6 Å². The van der Waals surface area contributed by atoms with Crippen LogP contribution < -0.4 is 5.73 Å². The van der Waals surface area contributed by atoms with Crippen molar-refractivity contribution in [1.29, 1.82) is 0 Å². The number of tetrazole rings is 1. The monoisotopic (exact) mass is 307 g/mol. The van der Waals surface area contributed by atoms with E-state index in [4.69, 9.17) is 5.73 Å². The summed E-state index contributed by atoms with van der Waals surface area (Å²) in [6.07, 6.45) is 3.76. The fourth-order valence-electron chi connectivity index (χ4n) is 2.10. The first kappa shape index (κ1) is 14.5. The smallest absolute Gasteiger partial charge is 0.214 e. The van der Waals surface area contributed by atoms with Gasteiger partial charge in [0.15, 0.2) is 0 Å². The molecule has 0 amide bonds. The third-order valence-electron chi connectivity index (χ3n) is 3.58. The van der Waals surface area contributed by atoms with E-state index in [2.05, 4.69) is 15.5 Å². The van der Waals surface area contributed by atoms with Crippen molar-refractivity contribution in [2.75, 3.05) is 0 Å². The summed E-state index contributed by atoms with van der Waals surface area (Å²) in [6.45, 7) is 2.03. The van der Waals surface area contributed by atoms with E-state index in [1.165, 1.54) is 11.8 Å². The Kier molecular flexibility index (Phi) is 4.21. The van der Waals surface area contributed by atoms with Gasteiger partial charge in [0.25, 0.3) is 0 Å². The standard InChI is InChI=1S/C14H18FN5S/c1-2-10(16)7-9-3-6-13(12(15)8-9)21-14-17-18-19-20(14)11-4-5-11/h3,6,8,10-11H,2,4-5,7,16H2,1H3. The van der Waals surface area contributed by atoms with E-state index in [1.807, 2.05) is 13.0 Å². The van der Waals surface area contributed by atoms with Crippen LogP contribution in [0.2, 0.25) is 0 Å². The van der Waals surface area contributed by atoms with Crippen molar-refractivity contribution in [3.8, 4) is 0 Å². The molecule has 1 aliphatic carbocycles. The molecule has 1 heterocycles. The van der Waals surface area contributed by atoms with Gasteiger partial charge in [-0.25, -0.2) is 9.07 Å². The van der Waals surface area contributed by atoms with Crippen LogP contribution in [-0.2, 0) is 6.42 Å². The Morgan fingerprint density at radius 2 is 2.29 bits per heavy atom. The molecule has 21 heavy (non-hydrogen) atoms. The van der Waals surface area contributed by atoms with Crippen LogP contribution in [0.4, 0.5) is 4.39 Å². The Bertz CT molecular complexity index is 626. The first-order valence-electron chi connectivity index (χ1n) is 7.17. The van der Waals surface area contributed by atoms with E-state index in [-0.39, 0.29) is 11.9 Å². The Morgan fingerprint density at radius 3 is 2.95 bits per heavy atom. The minimum atomic E-state index is -0.244. The fraction of sp³-hybridized carbons (Fsp3) is 0.500. The van der Waals surface area contributed by atoms with Crippen LogP contribution in [-0.4, -0.2) is 26.2 Å². The summed E-state index contributed by atoms with van der Waals surface area (Å²) in [4.78, 5) is 0.542. The van der Waals surface area contributed by atoms with Crippen molar-refractivity contribution in [2.24, 2.45) is 5.73 Å². The van der Waals surface area contributed by atoms with E-state index in [0.717, 1.165) is 24.8 Å². The van der Waals surface area contributed by atoms with E-state index >= 15 is 0 Å². The van der Waals surface area contributed by atoms with Gasteiger partial charge in [-0.05, 0) is 65.6 Å². The Morgan fingerprint density at radius 1 is 1.48 bits per heavy atom. The molecule has 0 spiro atoms. The normalized spacial score (nSPS) is 16.1. The maximum Gasteiger partial charge on any atom is 0.214 e. The lowest BCUT2D eigenvalue weighted by Crippen LogP contribution is -2.21. The van der Waals surface area contributed by atoms with Crippen LogP contribution in [0.15, 0.2) is 28.3 Å². The second-order valence-electron chi connectivity index (χ2n) is 5.38. The van der Waals surface area contributed by atoms with Crippen LogP contribution in [0.3, 0.4) is 0 Å². The number of nitrogens with zero attached hydrogens (tertiary/aromatic N) is 4. The topological polar surface area (TPSA) is 69.6 Å². The molecule has 1 saturated carbocycles. The lowest BCUT2D eigenvalue weighted by Gasteiger charge is -2.10. The zero-order chi connectivity index (χ0) is 14.8. The summed E-state index contributed by atoms with van der Waals surface area (Å²) < 4.78 is 16.0. The molecule has 0 saturated heterocycles. The molecule has 2 aromatic rings. The van der Waals surface area contributed by atoms with Crippen LogP contribution >= 0.6 is 11.8 Å². The van der Waals surface area contributed by atoms with Crippen LogP contribution in [0.1, 0.15) is 37.8 Å². The van der Waals surface area contributed by atoms with Gasteiger partial charge in [0.1, 0.15) is 5.82 Å².